The molecule has 0 aromatic heterocycles. The van der Waals surface area contributed by atoms with Gasteiger partial charge in [-0.25, -0.2) is 0 Å². The van der Waals surface area contributed by atoms with Gasteiger partial charge in [-0.2, -0.15) is 13.2 Å². The Kier molecular flexibility index (Phi) is 4.55. The molecule has 0 saturated heterocycles. The van der Waals surface area contributed by atoms with Crippen LogP contribution in [0.4, 0.5) is 13.2 Å². The van der Waals surface area contributed by atoms with Crippen molar-refractivity contribution in [1.82, 2.24) is 10.2 Å². The number of aliphatic hydroxyl groups excluding tert-OH is 1. The highest BCUT2D eigenvalue weighted by molar-refractivity contribution is 5.78. The third kappa shape index (κ3) is 4.80. The molecule has 1 fully saturated rings. The highest BCUT2D eigenvalue weighted by Gasteiger charge is 2.32. The average Bonchev–Trinajstić information content (AvgIpc) is 2.95. The molecule has 0 aromatic carbocycles. The molecular formula is C9H15F3N2O2. The molecule has 0 bridgehead atoms. The molecular weight excluding hydrogens is 225 g/mol. The summed E-state index contributed by atoms with van der Waals surface area (Å²) in [6.45, 7) is -1.48. The first-order valence-corrected chi connectivity index (χ1v) is 5.12. The van der Waals surface area contributed by atoms with Crippen LogP contribution in [0.3, 0.4) is 0 Å². The van der Waals surface area contributed by atoms with Crippen molar-refractivity contribution in [3.05, 3.63) is 0 Å². The third-order valence-corrected chi connectivity index (χ3v) is 2.25. The Morgan fingerprint density at radius 1 is 1.44 bits per heavy atom. The Labute approximate surface area is 91.4 Å². The lowest BCUT2D eigenvalue weighted by molar-refractivity contribution is -0.135. The first-order chi connectivity index (χ1) is 7.44. The van der Waals surface area contributed by atoms with Crippen LogP contribution in [0.1, 0.15) is 12.8 Å². The van der Waals surface area contributed by atoms with Crippen LogP contribution in [-0.4, -0.2) is 54.4 Å². The summed E-state index contributed by atoms with van der Waals surface area (Å²) >= 11 is 0. The number of halogens is 3. The molecule has 0 unspecified atom stereocenters. The van der Waals surface area contributed by atoms with Gasteiger partial charge in [-0.05, 0) is 12.8 Å². The predicted molar refractivity (Wildman–Crippen MR) is 50.7 cm³/mol. The lowest BCUT2D eigenvalue weighted by Crippen LogP contribution is -2.43. The van der Waals surface area contributed by atoms with Crippen LogP contribution in [0.25, 0.3) is 0 Å². The third-order valence-electron chi connectivity index (χ3n) is 2.25. The molecule has 94 valence electrons. The van der Waals surface area contributed by atoms with E-state index in [4.69, 9.17) is 5.11 Å². The highest BCUT2D eigenvalue weighted by atomic mass is 19.4. The van der Waals surface area contributed by atoms with E-state index in [0.717, 1.165) is 12.8 Å². The van der Waals surface area contributed by atoms with Crippen LogP contribution in [0, 0.1) is 0 Å². The van der Waals surface area contributed by atoms with Crippen molar-refractivity contribution in [2.75, 3.05) is 26.2 Å². The van der Waals surface area contributed by atoms with E-state index in [1.807, 2.05) is 5.32 Å². The lowest BCUT2D eigenvalue weighted by Gasteiger charge is -2.21. The average molecular weight is 240 g/mol. The van der Waals surface area contributed by atoms with Crippen LogP contribution in [0.2, 0.25) is 0 Å². The van der Waals surface area contributed by atoms with Crippen molar-refractivity contribution in [3.8, 4) is 0 Å². The smallest absolute Gasteiger partial charge is 0.395 e. The zero-order valence-electron chi connectivity index (χ0n) is 8.76. The SMILES string of the molecule is O=C(CNCC(F)(F)F)N(CCO)C1CC1. The maximum Gasteiger partial charge on any atom is 0.401 e. The maximum atomic E-state index is 11.8. The zero-order valence-corrected chi connectivity index (χ0v) is 8.76. The summed E-state index contributed by atoms with van der Waals surface area (Å²) in [4.78, 5) is 12.9. The molecule has 0 aromatic rings. The van der Waals surface area contributed by atoms with E-state index in [9.17, 15) is 18.0 Å². The van der Waals surface area contributed by atoms with Crippen LogP contribution in [0.15, 0.2) is 0 Å². The number of carbonyl (C=O) groups excluding carboxylic acids is 1. The van der Waals surface area contributed by atoms with Gasteiger partial charge in [-0.3, -0.25) is 4.79 Å². The number of rotatable bonds is 6. The van der Waals surface area contributed by atoms with E-state index in [1.165, 1.54) is 4.90 Å². The normalized spacial score (nSPS) is 16.2. The number of nitrogens with zero attached hydrogens (tertiary/aromatic N) is 1. The van der Waals surface area contributed by atoms with Crippen molar-refractivity contribution in [1.29, 1.82) is 0 Å². The Morgan fingerprint density at radius 2 is 2.06 bits per heavy atom. The Balaban J connectivity index is 2.26. The quantitative estimate of drug-likeness (QED) is 0.693. The second kappa shape index (κ2) is 5.49. The number of amides is 1. The van der Waals surface area contributed by atoms with E-state index in [-0.39, 0.29) is 31.6 Å². The Hall–Kier alpha value is -0.820. The molecule has 0 spiro atoms. The van der Waals surface area contributed by atoms with Gasteiger partial charge >= 0.3 is 6.18 Å². The second-order valence-electron chi connectivity index (χ2n) is 3.76. The topological polar surface area (TPSA) is 52.6 Å². The van der Waals surface area contributed by atoms with E-state index in [2.05, 4.69) is 0 Å². The van der Waals surface area contributed by atoms with Gasteiger partial charge < -0.3 is 15.3 Å². The fourth-order valence-electron chi connectivity index (χ4n) is 1.42. The highest BCUT2D eigenvalue weighted by Crippen LogP contribution is 2.26. The maximum absolute atomic E-state index is 11.8. The fourth-order valence-corrected chi connectivity index (χ4v) is 1.42. The van der Waals surface area contributed by atoms with E-state index >= 15 is 0 Å². The molecule has 2 N–H and O–H groups in total. The lowest BCUT2D eigenvalue weighted by atomic mass is 10.4. The molecule has 1 rings (SSSR count). The molecule has 0 radical (unpaired) electrons. The molecule has 1 aliphatic rings. The molecule has 0 atom stereocenters. The van der Waals surface area contributed by atoms with Crippen LogP contribution in [-0.2, 0) is 4.79 Å². The van der Waals surface area contributed by atoms with Crippen LogP contribution < -0.4 is 5.32 Å². The van der Waals surface area contributed by atoms with Crippen LogP contribution in [0.5, 0.6) is 0 Å². The van der Waals surface area contributed by atoms with Gasteiger partial charge in [0.2, 0.25) is 5.91 Å². The number of carbonyl (C=O) groups is 1. The molecule has 7 heteroatoms. The Morgan fingerprint density at radius 3 is 2.50 bits per heavy atom. The van der Waals surface area contributed by atoms with E-state index in [1.54, 1.807) is 0 Å². The number of hydrogen-bond donors (Lipinski definition) is 2. The summed E-state index contributed by atoms with van der Waals surface area (Å²) in [5.41, 5.74) is 0. The number of aliphatic hydroxyl groups is 1. The molecule has 0 aliphatic heterocycles. The van der Waals surface area contributed by atoms with Gasteiger partial charge in [0.05, 0.1) is 19.7 Å². The predicted octanol–water partition coefficient (Wildman–Crippen LogP) is 0.122. The van der Waals surface area contributed by atoms with Gasteiger partial charge in [-0.15, -0.1) is 0 Å². The Bertz CT molecular complexity index is 241. The van der Waals surface area contributed by atoms with Gasteiger partial charge in [0.1, 0.15) is 0 Å². The molecule has 1 saturated carbocycles. The van der Waals surface area contributed by atoms with Gasteiger partial charge in [-0.1, -0.05) is 0 Å². The molecule has 0 heterocycles. The molecule has 1 amide bonds. The largest absolute Gasteiger partial charge is 0.401 e. The summed E-state index contributed by atoms with van der Waals surface area (Å²) in [5, 5.41) is 10.8. The minimum Gasteiger partial charge on any atom is -0.395 e. The minimum absolute atomic E-state index is 0.104. The van der Waals surface area contributed by atoms with Gasteiger partial charge in [0.25, 0.3) is 0 Å². The standard InChI is InChI=1S/C9H15F3N2O2/c10-9(11,12)6-13-5-8(16)14(3-4-15)7-1-2-7/h7,13,15H,1-6H2. The number of alkyl halides is 3. The second-order valence-corrected chi connectivity index (χ2v) is 3.76. The van der Waals surface area contributed by atoms with Crippen molar-refractivity contribution < 1.29 is 23.1 Å². The number of nitrogens with one attached hydrogen (secondary N) is 1. The summed E-state index contributed by atoms with van der Waals surface area (Å²) in [7, 11) is 0. The van der Waals surface area contributed by atoms with E-state index < -0.39 is 12.7 Å². The van der Waals surface area contributed by atoms with Crippen molar-refractivity contribution in [2.24, 2.45) is 0 Å². The molecule has 4 nitrogen and oxygen atoms in total. The van der Waals surface area contributed by atoms with Crippen molar-refractivity contribution in [3.63, 3.8) is 0 Å². The summed E-state index contributed by atoms with van der Waals surface area (Å²) < 4.78 is 35.4. The first kappa shape index (κ1) is 13.2. The van der Waals surface area contributed by atoms with E-state index in [0.29, 0.717) is 0 Å². The minimum atomic E-state index is -4.30. The van der Waals surface area contributed by atoms with Crippen LogP contribution >= 0.6 is 0 Å². The molecule has 16 heavy (non-hydrogen) atoms. The number of hydrogen-bond acceptors (Lipinski definition) is 3. The van der Waals surface area contributed by atoms with Crippen molar-refractivity contribution >= 4 is 5.91 Å². The van der Waals surface area contributed by atoms with Gasteiger partial charge in [0, 0.05) is 12.6 Å². The summed E-state index contributed by atoms with van der Waals surface area (Å²) in [6, 6.07) is 0.104. The fraction of sp³-hybridized carbons (Fsp3) is 0.889. The monoisotopic (exact) mass is 240 g/mol. The summed E-state index contributed by atoms with van der Waals surface area (Å²) in [6.07, 6.45) is -2.57. The van der Waals surface area contributed by atoms with Gasteiger partial charge in [0.15, 0.2) is 0 Å². The summed E-state index contributed by atoms with van der Waals surface area (Å²) in [5.74, 6) is -0.388. The molecule has 1 aliphatic carbocycles. The van der Waals surface area contributed by atoms with Crippen molar-refractivity contribution in [2.45, 2.75) is 25.1 Å². The first-order valence-electron chi connectivity index (χ1n) is 5.12. The zero-order chi connectivity index (χ0) is 12.2.